The Morgan fingerprint density at radius 3 is 2.19 bits per heavy atom. The summed E-state index contributed by atoms with van der Waals surface area (Å²) < 4.78 is 21.6. The lowest BCUT2D eigenvalue weighted by Crippen LogP contribution is -2.67. The molecule has 7 aliphatic rings. The maximum absolute atomic E-state index is 15.1. The van der Waals surface area contributed by atoms with E-state index in [0.717, 1.165) is 69.9 Å². The standard InChI is InChI=1S/C55H70FN9O7.5H2/c56-45-18-15-36(29-46(57)42-13-4-5-14-43(42)50(58)68)28-44(45)53(71)64-26-24-63(25-27-64)47(66)31-59-34-55-21-19-54(20-22-55,35-72-55)62-52(70)49(37-8-2-1-3-9-37)61-51(69)39-11-6-10-38(30-39)40-12-7-23-65(33-40)48(67)32-60-41-16-17-41;;;;;/h4-6,10-11,13-15,18,28,30,37,40-41,49,57,59-60H,1-3,7-9,12,16-17,19-27,29,31-35H2,(H2,58,68)(H,61,69)(H,62,70);5*1H/t40-,49+,54?,55?;;;;;/m0...../s1. The lowest BCUT2D eigenvalue weighted by Gasteiger charge is -2.53. The van der Waals surface area contributed by atoms with Crippen LogP contribution in [0.5, 0.6) is 0 Å². The van der Waals surface area contributed by atoms with E-state index in [1.165, 1.54) is 23.1 Å². The first-order valence-electron chi connectivity index (χ1n) is 26.2. The van der Waals surface area contributed by atoms with E-state index in [1.54, 1.807) is 35.2 Å². The zero-order valence-corrected chi connectivity index (χ0v) is 41.3. The van der Waals surface area contributed by atoms with Crippen LogP contribution in [0, 0.1) is 17.1 Å². The van der Waals surface area contributed by atoms with Crippen LogP contribution in [0.3, 0.4) is 0 Å². The summed E-state index contributed by atoms with van der Waals surface area (Å²) in [5.74, 6) is -2.08. The largest absolute Gasteiger partial charge is 0.371 e. The van der Waals surface area contributed by atoms with Crippen LogP contribution in [-0.4, -0.2) is 145 Å². The van der Waals surface area contributed by atoms with E-state index in [-0.39, 0.29) is 85.5 Å². The number of amides is 6. The Balaban J connectivity index is 0.00000256. The van der Waals surface area contributed by atoms with Crippen molar-refractivity contribution in [2.45, 2.75) is 119 Å². The fourth-order valence-electron chi connectivity index (χ4n) is 11.6. The van der Waals surface area contributed by atoms with Gasteiger partial charge in [-0.15, -0.1) is 0 Å². The van der Waals surface area contributed by atoms with Gasteiger partial charge in [-0.25, -0.2) is 4.39 Å². The number of likely N-dealkylation sites (tertiary alicyclic amines) is 1. The van der Waals surface area contributed by atoms with E-state index in [9.17, 15) is 28.8 Å². The summed E-state index contributed by atoms with van der Waals surface area (Å²) in [6, 6.07) is 18.2. The molecule has 0 aromatic heterocycles. The van der Waals surface area contributed by atoms with Crippen LogP contribution >= 0.6 is 0 Å². The quantitative estimate of drug-likeness (QED) is 0.0864. The van der Waals surface area contributed by atoms with Gasteiger partial charge in [0.15, 0.2) is 0 Å². The number of fused-ring (bicyclic) bond motifs is 3. The molecule has 17 heteroatoms. The molecular weight excluding hydrogens is 918 g/mol. The molecule has 4 aliphatic heterocycles. The minimum Gasteiger partial charge on any atom is -0.371 e. The number of nitrogens with zero attached hydrogens (tertiary/aromatic N) is 3. The first kappa shape index (κ1) is 50.9. The van der Waals surface area contributed by atoms with Crippen LogP contribution < -0.4 is 27.0 Å². The number of carbonyl (C=O) groups excluding carboxylic acids is 6. The lowest BCUT2D eigenvalue weighted by atomic mass is 9.70. The Kier molecular flexibility index (Phi) is 15.8. The highest BCUT2D eigenvalue weighted by Gasteiger charge is 2.51. The first-order valence-corrected chi connectivity index (χ1v) is 26.2. The Morgan fingerprint density at radius 2 is 1.49 bits per heavy atom. The number of piperazine rings is 1. The molecule has 3 aliphatic carbocycles. The topological polar surface area (TPSA) is 219 Å². The van der Waals surface area contributed by atoms with E-state index in [1.807, 2.05) is 23.1 Å². The highest BCUT2D eigenvalue weighted by molar-refractivity contribution is 6.09. The monoisotopic (exact) mass is 998 g/mol. The zero-order chi connectivity index (χ0) is 50.4. The van der Waals surface area contributed by atoms with E-state index in [4.69, 9.17) is 15.9 Å². The number of benzene rings is 3. The molecule has 4 saturated heterocycles. The smallest absolute Gasteiger partial charge is 0.256 e. The predicted molar refractivity (Wildman–Crippen MR) is 280 cm³/mol. The van der Waals surface area contributed by atoms with E-state index in [2.05, 4.69) is 21.3 Å². The summed E-state index contributed by atoms with van der Waals surface area (Å²) in [6.07, 6.45) is 11.9. The molecule has 0 spiro atoms. The van der Waals surface area contributed by atoms with Gasteiger partial charge in [0.25, 0.3) is 11.8 Å². The van der Waals surface area contributed by atoms with Crippen molar-refractivity contribution in [1.29, 1.82) is 5.41 Å². The van der Waals surface area contributed by atoms with Crippen LogP contribution in [0.1, 0.15) is 144 Å². The average molecular weight is 998 g/mol. The Bertz CT molecular complexity index is 2540. The second-order valence-corrected chi connectivity index (χ2v) is 21.2. The minimum absolute atomic E-state index is 0. The van der Waals surface area contributed by atoms with Crippen molar-refractivity contribution >= 4 is 41.2 Å². The molecule has 7 N–H and O–H groups in total. The molecule has 3 aromatic rings. The third-order valence-electron chi connectivity index (χ3n) is 16.2. The van der Waals surface area contributed by atoms with Gasteiger partial charge in [-0.3, -0.25) is 28.8 Å². The lowest BCUT2D eigenvalue weighted by molar-refractivity contribution is -0.166. The predicted octanol–water partition coefficient (Wildman–Crippen LogP) is 5.67. The van der Waals surface area contributed by atoms with Gasteiger partial charge in [-0.05, 0) is 112 Å². The number of halogens is 1. The van der Waals surface area contributed by atoms with Crippen LogP contribution in [0.15, 0.2) is 66.7 Å². The third kappa shape index (κ3) is 12.1. The van der Waals surface area contributed by atoms with Crippen LogP contribution in [0.4, 0.5) is 4.39 Å². The van der Waals surface area contributed by atoms with Gasteiger partial charge >= 0.3 is 0 Å². The third-order valence-corrected chi connectivity index (χ3v) is 16.2. The summed E-state index contributed by atoms with van der Waals surface area (Å²) in [5, 5.41) is 21.8. The van der Waals surface area contributed by atoms with Crippen molar-refractivity contribution in [1.82, 2.24) is 36.0 Å². The highest BCUT2D eigenvalue weighted by Crippen LogP contribution is 2.44. The van der Waals surface area contributed by atoms with E-state index < -0.39 is 34.8 Å². The van der Waals surface area contributed by atoms with Crippen LogP contribution in [0.2, 0.25) is 0 Å². The van der Waals surface area contributed by atoms with Crippen molar-refractivity contribution in [2.24, 2.45) is 11.7 Å². The number of ether oxygens (including phenoxy) is 1. The summed E-state index contributed by atoms with van der Waals surface area (Å²) >= 11 is 0. The van der Waals surface area contributed by atoms with Gasteiger partial charge in [-0.1, -0.05) is 55.7 Å². The Hall–Kier alpha value is -6.04. The SMILES string of the molecule is N=C(Cc1ccc(F)c(C(=O)N2CCN(C(=O)CNCC34CCC(NC(=O)[C@H](NC(=O)c5cccc([C@H]6CCCN(C(=O)CNC7CC7)C6)c5)C5CCCCC5)(CC3)CO4)CC2)c1)c1ccccc1C(N)=O.[HH].[HH].[HH].[HH].[HH]. The Labute approximate surface area is 428 Å². The fraction of sp³-hybridized carbons (Fsp3) is 0.545. The first-order chi connectivity index (χ1) is 34.8. The molecule has 3 saturated carbocycles. The maximum atomic E-state index is 15.1. The number of carbonyl (C=O) groups is 6. The van der Waals surface area contributed by atoms with Crippen molar-refractivity contribution in [2.75, 3.05) is 65.5 Å². The number of hydrogen-bond donors (Lipinski definition) is 6. The molecule has 10 rings (SSSR count). The molecular formula is C55H80FN9O7. The van der Waals surface area contributed by atoms with Gasteiger partial charge in [0.1, 0.15) is 11.9 Å². The molecule has 394 valence electrons. The number of nitrogens with two attached hydrogens (primary N) is 1. The Morgan fingerprint density at radius 1 is 0.764 bits per heavy atom. The van der Waals surface area contributed by atoms with Crippen molar-refractivity contribution in [3.63, 3.8) is 0 Å². The van der Waals surface area contributed by atoms with Gasteiger partial charge in [0.05, 0.1) is 36.4 Å². The highest BCUT2D eigenvalue weighted by atomic mass is 19.1. The number of primary amides is 1. The molecule has 16 nitrogen and oxygen atoms in total. The van der Waals surface area contributed by atoms with Gasteiger partial charge in [-0.2, -0.15) is 0 Å². The van der Waals surface area contributed by atoms with Gasteiger partial charge in [0, 0.05) is 93.7 Å². The summed E-state index contributed by atoms with van der Waals surface area (Å²) in [7, 11) is 0. The number of hydrogen-bond acceptors (Lipinski definition) is 10. The minimum atomic E-state index is -0.682. The van der Waals surface area contributed by atoms with Crippen molar-refractivity contribution in [3.05, 3.63) is 106 Å². The van der Waals surface area contributed by atoms with Gasteiger partial charge in [0.2, 0.25) is 23.6 Å². The number of piperidine rings is 1. The summed E-state index contributed by atoms with van der Waals surface area (Å²) in [6.45, 7) is 3.69. The maximum Gasteiger partial charge on any atom is 0.256 e. The second kappa shape index (κ2) is 22.4. The molecule has 0 radical (unpaired) electrons. The average Bonchev–Trinajstić information content (AvgIpc) is 4.25. The molecule has 0 unspecified atom stereocenters. The normalized spacial score (nSPS) is 23.8. The van der Waals surface area contributed by atoms with Crippen molar-refractivity contribution < 1.29 is 45.0 Å². The summed E-state index contributed by atoms with van der Waals surface area (Å²) in [4.78, 5) is 85.4. The molecule has 2 bridgehead atoms. The van der Waals surface area contributed by atoms with Crippen LogP contribution in [-0.2, 0) is 25.5 Å². The van der Waals surface area contributed by atoms with E-state index >= 15 is 4.39 Å². The fourth-order valence-corrected chi connectivity index (χ4v) is 11.6. The molecule has 3 aromatic carbocycles. The van der Waals surface area contributed by atoms with Crippen LogP contribution in [0.25, 0.3) is 0 Å². The number of nitrogens with one attached hydrogen (secondary N) is 5. The van der Waals surface area contributed by atoms with Crippen molar-refractivity contribution in [3.8, 4) is 0 Å². The molecule has 2 atom stereocenters. The molecule has 7 fully saturated rings. The summed E-state index contributed by atoms with van der Waals surface area (Å²) in [5.41, 5.74) is 7.16. The molecule has 72 heavy (non-hydrogen) atoms. The zero-order valence-electron chi connectivity index (χ0n) is 41.3. The molecule has 4 heterocycles. The van der Waals surface area contributed by atoms with Gasteiger partial charge < -0.3 is 51.8 Å². The molecule has 6 amide bonds. The number of rotatable bonds is 18. The van der Waals surface area contributed by atoms with E-state index in [0.29, 0.717) is 87.7 Å². The second-order valence-electron chi connectivity index (χ2n) is 21.2.